The Kier molecular flexibility index (Phi) is 4.20. The quantitative estimate of drug-likeness (QED) is 0.831. The molecule has 1 unspecified atom stereocenters. The van der Waals surface area contributed by atoms with Gasteiger partial charge in [0.05, 0.1) is 13.2 Å². The van der Waals surface area contributed by atoms with E-state index < -0.39 is 0 Å². The van der Waals surface area contributed by atoms with Crippen LogP contribution in [0.1, 0.15) is 35.2 Å². The van der Waals surface area contributed by atoms with Crippen molar-refractivity contribution in [3.63, 3.8) is 0 Å². The predicted octanol–water partition coefficient (Wildman–Crippen LogP) is -0.325. The first kappa shape index (κ1) is 15.3. The maximum Gasteiger partial charge on any atom is 0.274 e. The predicted molar refractivity (Wildman–Crippen MR) is 79.8 cm³/mol. The normalized spacial score (nSPS) is 18.2. The molecule has 1 aliphatic heterocycles. The fraction of sp³-hybridized carbons (Fsp3) is 0.500. The molecule has 0 aromatic carbocycles. The second kappa shape index (κ2) is 6.29. The van der Waals surface area contributed by atoms with E-state index in [1.54, 1.807) is 4.90 Å². The van der Waals surface area contributed by atoms with Crippen molar-refractivity contribution in [2.45, 2.75) is 19.4 Å². The van der Waals surface area contributed by atoms with E-state index in [1.165, 1.54) is 19.2 Å². The highest BCUT2D eigenvalue weighted by Gasteiger charge is 2.29. The van der Waals surface area contributed by atoms with E-state index in [1.807, 2.05) is 6.92 Å². The molecular weight excluding hydrogens is 300 g/mol. The molecule has 1 aliphatic rings. The van der Waals surface area contributed by atoms with Gasteiger partial charge in [-0.2, -0.15) is 10.2 Å². The number of aromatic amines is 1. The molecule has 0 bridgehead atoms. The second-order valence-corrected chi connectivity index (χ2v) is 5.28. The van der Waals surface area contributed by atoms with Crippen molar-refractivity contribution in [1.82, 2.24) is 29.9 Å². The van der Waals surface area contributed by atoms with Crippen LogP contribution in [0.2, 0.25) is 0 Å². The van der Waals surface area contributed by atoms with E-state index >= 15 is 0 Å². The molecule has 2 aromatic heterocycles. The third kappa shape index (κ3) is 3.14. The van der Waals surface area contributed by atoms with Gasteiger partial charge in [0.1, 0.15) is 17.6 Å². The van der Waals surface area contributed by atoms with Gasteiger partial charge in [-0.3, -0.25) is 14.7 Å². The molecule has 23 heavy (non-hydrogen) atoms. The van der Waals surface area contributed by atoms with E-state index in [2.05, 4.69) is 20.3 Å². The number of nitrogens with one attached hydrogen (secondary N) is 1. The highest BCUT2D eigenvalue weighted by Crippen LogP contribution is 2.20. The first-order chi connectivity index (χ1) is 11.1. The first-order valence-electron chi connectivity index (χ1n) is 7.45. The van der Waals surface area contributed by atoms with Gasteiger partial charge in [-0.1, -0.05) is 6.92 Å². The number of carbonyl (C=O) groups is 1. The zero-order valence-corrected chi connectivity index (χ0v) is 13.0. The van der Waals surface area contributed by atoms with Crippen molar-refractivity contribution in [2.24, 2.45) is 7.05 Å². The Morgan fingerprint density at radius 2 is 2.30 bits per heavy atom. The average molecular weight is 318 g/mol. The molecule has 122 valence electrons. The molecule has 0 spiro atoms. The number of hydrogen-bond acceptors (Lipinski definition) is 6. The third-order valence-electron chi connectivity index (χ3n) is 3.71. The van der Waals surface area contributed by atoms with Crippen molar-refractivity contribution in [3.8, 4) is 0 Å². The van der Waals surface area contributed by atoms with Gasteiger partial charge in [-0.25, -0.2) is 9.67 Å². The fourth-order valence-corrected chi connectivity index (χ4v) is 2.38. The molecule has 3 rings (SSSR count). The van der Waals surface area contributed by atoms with Gasteiger partial charge in [0.2, 0.25) is 0 Å². The summed E-state index contributed by atoms with van der Waals surface area (Å²) in [6.07, 6.45) is 0.390. The summed E-state index contributed by atoms with van der Waals surface area (Å²) in [5, 5.41) is 11.0. The standard InChI is InChI=1S/C14H18N6O3/c1-3-11-15-13(17-16-11)10-8-20(6-7-23-10)14(22)9-4-5-12(21)19(2)18-9/h4-5,10H,3,6-8H2,1-2H3,(H,15,16,17). The smallest absolute Gasteiger partial charge is 0.274 e. The maximum absolute atomic E-state index is 12.5. The molecule has 9 heteroatoms. The summed E-state index contributed by atoms with van der Waals surface area (Å²) in [5.74, 6) is 1.10. The maximum atomic E-state index is 12.5. The third-order valence-corrected chi connectivity index (χ3v) is 3.71. The van der Waals surface area contributed by atoms with Crippen molar-refractivity contribution in [2.75, 3.05) is 19.7 Å². The average Bonchev–Trinajstić information content (AvgIpc) is 3.06. The van der Waals surface area contributed by atoms with Crippen molar-refractivity contribution in [3.05, 3.63) is 39.8 Å². The van der Waals surface area contributed by atoms with Crippen LogP contribution in [0.25, 0.3) is 0 Å². The second-order valence-electron chi connectivity index (χ2n) is 5.28. The Labute approximate surface area is 132 Å². The van der Waals surface area contributed by atoms with Gasteiger partial charge in [0.25, 0.3) is 11.5 Å². The monoisotopic (exact) mass is 318 g/mol. The van der Waals surface area contributed by atoms with Crippen LogP contribution in [0.15, 0.2) is 16.9 Å². The number of hydrogen-bond donors (Lipinski definition) is 1. The molecular formula is C14H18N6O3. The summed E-state index contributed by atoms with van der Waals surface area (Å²) in [6.45, 7) is 3.20. The Morgan fingerprint density at radius 1 is 1.48 bits per heavy atom. The lowest BCUT2D eigenvalue weighted by molar-refractivity contribution is -0.0269. The summed E-state index contributed by atoms with van der Waals surface area (Å²) in [4.78, 5) is 29.9. The van der Waals surface area contributed by atoms with Crippen molar-refractivity contribution in [1.29, 1.82) is 0 Å². The van der Waals surface area contributed by atoms with Crippen LogP contribution in [0, 0.1) is 0 Å². The highest BCUT2D eigenvalue weighted by molar-refractivity contribution is 5.92. The fourth-order valence-electron chi connectivity index (χ4n) is 2.38. The van der Waals surface area contributed by atoms with Crippen molar-refractivity contribution >= 4 is 5.91 Å². The first-order valence-corrected chi connectivity index (χ1v) is 7.45. The molecule has 0 saturated carbocycles. The van der Waals surface area contributed by atoms with E-state index in [9.17, 15) is 9.59 Å². The number of carbonyl (C=O) groups excluding carboxylic acids is 1. The number of nitrogens with zero attached hydrogens (tertiary/aromatic N) is 5. The minimum atomic E-state index is -0.364. The van der Waals surface area contributed by atoms with Crippen molar-refractivity contribution < 1.29 is 9.53 Å². The van der Waals surface area contributed by atoms with E-state index in [0.717, 1.165) is 16.9 Å². The molecule has 3 heterocycles. The Hall–Kier alpha value is -2.55. The Bertz CT molecular complexity index is 768. The summed E-state index contributed by atoms with van der Waals surface area (Å²) in [6, 6.07) is 2.78. The largest absolute Gasteiger partial charge is 0.366 e. The molecule has 1 N–H and O–H groups in total. The molecule has 1 fully saturated rings. The van der Waals surface area contributed by atoms with E-state index in [-0.39, 0.29) is 23.3 Å². The lowest BCUT2D eigenvalue weighted by Gasteiger charge is -2.31. The molecule has 0 radical (unpaired) electrons. The van der Waals surface area contributed by atoms with Crippen LogP contribution >= 0.6 is 0 Å². The van der Waals surface area contributed by atoms with Crippen LogP contribution in [-0.4, -0.2) is 55.5 Å². The Morgan fingerprint density at radius 3 is 3.00 bits per heavy atom. The van der Waals surface area contributed by atoms with Crippen LogP contribution < -0.4 is 5.56 Å². The number of morpholine rings is 1. The topological polar surface area (TPSA) is 106 Å². The van der Waals surface area contributed by atoms with Gasteiger partial charge in [-0.15, -0.1) is 0 Å². The summed E-state index contributed by atoms with van der Waals surface area (Å²) in [5.41, 5.74) is -0.0220. The number of amides is 1. The van der Waals surface area contributed by atoms with Gasteiger partial charge in [0, 0.05) is 26.1 Å². The minimum Gasteiger partial charge on any atom is -0.366 e. The molecule has 0 aliphatic carbocycles. The lowest BCUT2D eigenvalue weighted by atomic mass is 10.2. The Balaban J connectivity index is 1.76. The van der Waals surface area contributed by atoms with Gasteiger partial charge < -0.3 is 9.64 Å². The van der Waals surface area contributed by atoms with Gasteiger partial charge in [0.15, 0.2) is 5.82 Å². The number of ether oxygens (including phenoxy) is 1. The molecule has 1 amide bonds. The molecule has 1 atom stereocenters. The van der Waals surface area contributed by atoms with Crippen LogP contribution in [0.4, 0.5) is 0 Å². The number of H-pyrrole nitrogens is 1. The number of aromatic nitrogens is 5. The summed E-state index contributed by atoms with van der Waals surface area (Å²) in [7, 11) is 1.52. The minimum absolute atomic E-state index is 0.233. The number of aryl methyl sites for hydroxylation is 2. The van der Waals surface area contributed by atoms with E-state index in [0.29, 0.717) is 25.5 Å². The SMILES string of the molecule is CCc1nc(C2CN(C(=O)c3ccc(=O)n(C)n3)CCO2)n[nH]1. The summed E-state index contributed by atoms with van der Waals surface area (Å²) >= 11 is 0. The van der Waals surface area contributed by atoms with E-state index in [4.69, 9.17) is 4.74 Å². The van der Waals surface area contributed by atoms with Crippen LogP contribution in [0.5, 0.6) is 0 Å². The number of rotatable bonds is 3. The van der Waals surface area contributed by atoms with Crippen LogP contribution in [-0.2, 0) is 18.2 Å². The lowest BCUT2D eigenvalue weighted by Crippen LogP contribution is -2.43. The zero-order valence-electron chi connectivity index (χ0n) is 13.0. The van der Waals surface area contributed by atoms with Gasteiger partial charge in [-0.05, 0) is 6.07 Å². The molecule has 2 aromatic rings. The zero-order chi connectivity index (χ0) is 16.4. The molecule has 1 saturated heterocycles. The highest BCUT2D eigenvalue weighted by atomic mass is 16.5. The molecule has 9 nitrogen and oxygen atoms in total. The van der Waals surface area contributed by atoms with Gasteiger partial charge >= 0.3 is 0 Å². The van der Waals surface area contributed by atoms with Crippen LogP contribution in [0.3, 0.4) is 0 Å². The summed E-state index contributed by atoms with van der Waals surface area (Å²) < 4.78 is 6.81.